The van der Waals surface area contributed by atoms with Gasteiger partial charge < -0.3 is 0 Å². The van der Waals surface area contributed by atoms with Crippen molar-refractivity contribution >= 4 is 28.8 Å². The summed E-state index contributed by atoms with van der Waals surface area (Å²) in [6.45, 7) is 12.5. The van der Waals surface area contributed by atoms with E-state index in [9.17, 15) is 0 Å². The third kappa shape index (κ3) is 2.61. The van der Waals surface area contributed by atoms with Gasteiger partial charge in [-0.2, -0.15) is 0 Å². The number of benzene rings is 2. The van der Waals surface area contributed by atoms with Crippen molar-refractivity contribution in [1.82, 2.24) is 0 Å². The smallest absolute Gasteiger partial charge is 0.149 e. The van der Waals surface area contributed by atoms with Crippen LogP contribution in [0.2, 0.25) is 0 Å². The van der Waals surface area contributed by atoms with E-state index in [1.165, 1.54) is 32.6 Å². The summed E-state index contributed by atoms with van der Waals surface area (Å²) >= 11 is 7.15. The zero-order valence-corrected chi connectivity index (χ0v) is 14.4. The Morgan fingerprint density at radius 3 is 1.60 bits per heavy atom. The Labute approximate surface area is 127 Å². The predicted octanol–water partition coefficient (Wildman–Crippen LogP) is 3.94. The molecule has 0 nitrogen and oxygen atoms in total. The third-order valence-corrected chi connectivity index (χ3v) is 8.74. The summed E-state index contributed by atoms with van der Waals surface area (Å²) in [5.74, 6) is 0. The van der Waals surface area contributed by atoms with Gasteiger partial charge in [0.2, 0.25) is 7.38 Å². The van der Waals surface area contributed by atoms with Crippen LogP contribution < -0.4 is 10.4 Å². The van der Waals surface area contributed by atoms with E-state index >= 15 is 0 Å². The molecule has 2 heteroatoms. The lowest BCUT2D eigenvalue weighted by Crippen LogP contribution is -2.54. The van der Waals surface area contributed by atoms with Gasteiger partial charge >= 0.3 is 0 Å². The fourth-order valence-electron chi connectivity index (χ4n) is 2.62. The molecule has 0 aliphatic heterocycles. The first-order valence-corrected chi connectivity index (χ1v) is 9.95. The van der Waals surface area contributed by atoms with Crippen LogP contribution in [0.5, 0.6) is 0 Å². The zero-order chi connectivity index (χ0) is 14.9. The van der Waals surface area contributed by atoms with Gasteiger partial charge in [-0.25, -0.2) is 0 Å². The zero-order valence-electron chi connectivity index (χ0n) is 12.6. The summed E-state index contributed by atoms with van der Waals surface area (Å²) in [4.78, 5) is 0. The molecule has 0 aliphatic carbocycles. The lowest BCUT2D eigenvalue weighted by molar-refractivity contribution is 1.41. The molecule has 0 unspecified atom stereocenters. The standard InChI is InChI=1S/C18H21ClSi/c1-6-20(19,17-11-13(2)7-9-15(17)4)18-12-14(3)8-10-16(18)5/h6-12H,1H2,2-5H3. The van der Waals surface area contributed by atoms with Gasteiger partial charge in [-0.05, 0) is 49.2 Å². The van der Waals surface area contributed by atoms with Gasteiger partial charge in [-0.3, -0.25) is 0 Å². The van der Waals surface area contributed by atoms with Crippen molar-refractivity contribution in [2.24, 2.45) is 0 Å². The highest BCUT2D eigenvalue weighted by Gasteiger charge is 2.35. The van der Waals surface area contributed by atoms with Crippen LogP contribution in [-0.4, -0.2) is 7.38 Å². The van der Waals surface area contributed by atoms with E-state index in [0.29, 0.717) is 0 Å². The summed E-state index contributed by atoms with van der Waals surface area (Å²) in [6.07, 6.45) is 0. The maximum Gasteiger partial charge on any atom is 0.240 e. The molecule has 104 valence electrons. The molecule has 20 heavy (non-hydrogen) atoms. The lowest BCUT2D eigenvalue weighted by Gasteiger charge is -2.26. The van der Waals surface area contributed by atoms with E-state index in [2.05, 4.69) is 70.7 Å². The summed E-state index contributed by atoms with van der Waals surface area (Å²) in [7, 11) is -2.39. The summed E-state index contributed by atoms with van der Waals surface area (Å²) in [6, 6.07) is 13.0. The maximum absolute atomic E-state index is 7.15. The Morgan fingerprint density at radius 2 is 1.25 bits per heavy atom. The molecule has 0 fully saturated rings. The van der Waals surface area contributed by atoms with Crippen molar-refractivity contribution in [2.45, 2.75) is 27.7 Å². The Morgan fingerprint density at radius 1 is 0.850 bits per heavy atom. The number of rotatable bonds is 3. The molecule has 0 aromatic heterocycles. The Balaban J connectivity index is 2.73. The summed E-state index contributed by atoms with van der Waals surface area (Å²) in [5.41, 5.74) is 6.97. The normalized spacial score (nSPS) is 11.4. The minimum atomic E-state index is -2.39. The van der Waals surface area contributed by atoms with Gasteiger partial charge in [-0.15, -0.1) is 17.7 Å². The number of hydrogen-bond donors (Lipinski definition) is 0. The molecule has 2 aromatic carbocycles. The quantitative estimate of drug-likeness (QED) is 0.595. The molecule has 0 heterocycles. The fourth-order valence-corrected chi connectivity index (χ4v) is 6.76. The third-order valence-electron chi connectivity index (χ3n) is 3.85. The van der Waals surface area contributed by atoms with Crippen LogP contribution in [0.3, 0.4) is 0 Å². The molecular formula is C18H21ClSi. The first-order chi connectivity index (χ1) is 9.38. The first-order valence-electron chi connectivity index (χ1n) is 6.86. The Kier molecular flexibility index (Phi) is 4.21. The van der Waals surface area contributed by atoms with E-state index in [1.54, 1.807) is 0 Å². The average molecular weight is 301 g/mol. The molecule has 0 radical (unpaired) electrons. The molecule has 0 spiro atoms. The van der Waals surface area contributed by atoms with Gasteiger partial charge in [0.1, 0.15) is 0 Å². The summed E-state index contributed by atoms with van der Waals surface area (Å²) in [5, 5.41) is 2.51. The second kappa shape index (κ2) is 5.59. The largest absolute Gasteiger partial charge is 0.240 e. The second-order valence-electron chi connectivity index (χ2n) is 5.55. The topological polar surface area (TPSA) is 0 Å². The molecular weight excluding hydrogens is 280 g/mol. The molecule has 0 saturated carbocycles. The van der Waals surface area contributed by atoms with Crippen LogP contribution in [0.15, 0.2) is 48.7 Å². The lowest BCUT2D eigenvalue weighted by atomic mass is 10.2. The van der Waals surface area contributed by atoms with Crippen molar-refractivity contribution < 1.29 is 0 Å². The number of hydrogen-bond acceptors (Lipinski definition) is 0. The van der Waals surface area contributed by atoms with E-state index in [4.69, 9.17) is 11.1 Å². The molecule has 0 N–H and O–H groups in total. The van der Waals surface area contributed by atoms with Crippen LogP contribution in [0, 0.1) is 27.7 Å². The SMILES string of the molecule is C=C[Si](Cl)(c1cc(C)ccc1C)c1cc(C)ccc1C. The van der Waals surface area contributed by atoms with Crippen LogP contribution in [0.4, 0.5) is 0 Å². The number of halogens is 1. The van der Waals surface area contributed by atoms with Crippen LogP contribution in [-0.2, 0) is 0 Å². The molecule has 0 amide bonds. The van der Waals surface area contributed by atoms with Crippen molar-refractivity contribution in [1.29, 1.82) is 0 Å². The van der Waals surface area contributed by atoms with Crippen LogP contribution in [0.25, 0.3) is 0 Å². The van der Waals surface area contributed by atoms with Crippen LogP contribution in [0.1, 0.15) is 22.3 Å². The van der Waals surface area contributed by atoms with Crippen LogP contribution >= 0.6 is 11.1 Å². The molecule has 0 bridgehead atoms. The van der Waals surface area contributed by atoms with Crippen molar-refractivity contribution in [3.05, 3.63) is 70.9 Å². The van der Waals surface area contributed by atoms with Crippen molar-refractivity contribution in [3.63, 3.8) is 0 Å². The molecule has 2 aromatic rings. The highest BCUT2D eigenvalue weighted by molar-refractivity contribution is 7.36. The Bertz CT molecular complexity index is 607. The highest BCUT2D eigenvalue weighted by atomic mass is 35.6. The van der Waals surface area contributed by atoms with Crippen molar-refractivity contribution in [2.75, 3.05) is 0 Å². The maximum atomic E-state index is 7.15. The highest BCUT2D eigenvalue weighted by Crippen LogP contribution is 2.18. The van der Waals surface area contributed by atoms with Gasteiger partial charge in [0.05, 0.1) is 0 Å². The van der Waals surface area contributed by atoms with Gasteiger partial charge in [0.25, 0.3) is 0 Å². The monoisotopic (exact) mass is 300 g/mol. The minimum Gasteiger partial charge on any atom is -0.149 e. The summed E-state index contributed by atoms with van der Waals surface area (Å²) < 4.78 is 0. The first kappa shape index (κ1) is 15.1. The van der Waals surface area contributed by atoms with E-state index in [1.807, 2.05) is 5.70 Å². The second-order valence-corrected chi connectivity index (χ2v) is 10.3. The Hall–Kier alpha value is -1.31. The molecule has 0 saturated heterocycles. The van der Waals surface area contributed by atoms with Crippen molar-refractivity contribution in [3.8, 4) is 0 Å². The van der Waals surface area contributed by atoms with E-state index in [-0.39, 0.29) is 0 Å². The van der Waals surface area contributed by atoms with E-state index in [0.717, 1.165) is 0 Å². The predicted molar refractivity (Wildman–Crippen MR) is 92.9 cm³/mol. The van der Waals surface area contributed by atoms with Gasteiger partial charge in [0, 0.05) is 0 Å². The molecule has 0 aliphatic rings. The van der Waals surface area contributed by atoms with Gasteiger partial charge in [0.15, 0.2) is 0 Å². The van der Waals surface area contributed by atoms with E-state index < -0.39 is 7.38 Å². The number of aryl methyl sites for hydroxylation is 4. The average Bonchev–Trinajstić information content (AvgIpc) is 2.43. The minimum absolute atomic E-state index is 1.25. The molecule has 0 atom stereocenters. The van der Waals surface area contributed by atoms with Gasteiger partial charge in [-0.1, -0.05) is 53.2 Å². The fraction of sp³-hybridized carbons (Fsp3) is 0.222. The molecule has 2 rings (SSSR count).